The monoisotopic (exact) mass is 411 g/mol. The highest BCUT2D eigenvalue weighted by atomic mass is 16.1. The molecular formula is C26H25N3O2. The molecule has 31 heavy (non-hydrogen) atoms. The molecule has 0 saturated heterocycles. The van der Waals surface area contributed by atoms with Gasteiger partial charge < -0.3 is 9.99 Å². The molecule has 0 aliphatic heterocycles. The molecule has 0 fully saturated rings. The minimum atomic E-state index is -0.0220. The van der Waals surface area contributed by atoms with Crippen LogP contribution in [0.4, 0.5) is 0 Å². The van der Waals surface area contributed by atoms with Gasteiger partial charge in [0, 0.05) is 34.8 Å². The lowest BCUT2D eigenvalue weighted by Gasteiger charge is -2.28. The molecule has 2 aromatic heterocycles. The van der Waals surface area contributed by atoms with Crippen LogP contribution in [0.5, 0.6) is 0 Å². The molecule has 3 aromatic carbocycles. The molecule has 5 aromatic rings. The highest BCUT2D eigenvalue weighted by Crippen LogP contribution is 2.25. The normalized spacial score (nSPS) is 11.7. The summed E-state index contributed by atoms with van der Waals surface area (Å²) in [5.41, 5.74) is 4.21. The molecule has 0 aliphatic carbocycles. The molecule has 5 nitrogen and oxygen atoms in total. The number of fused-ring (bicyclic) bond motifs is 4. The van der Waals surface area contributed by atoms with Gasteiger partial charge in [-0.05, 0) is 62.2 Å². The fourth-order valence-corrected chi connectivity index (χ4v) is 4.57. The van der Waals surface area contributed by atoms with Crippen LogP contribution < -0.4 is 15.9 Å². The fraction of sp³-hybridized carbons (Fsp3) is 0.231. The number of nitrogens with one attached hydrogen (secondary N) is 1. The van der Waals surface area contributed by atoms with Gasteiger partial charge in [0.25, 0.3) is 0 Å². The second-order valence-corrected chi connectivity index (χ2v) is 7.90. The van der Waals surface area contributed by atoms with Crippen LogP contribution in [0.1, 0.15) is 26.3 Å². The zero-order chi connectivity index (χ0) is 21.7. The highest BCUT2D eigenvalue weighted by Gasteiger charge is 2.17. The van der Waals surface area contributed by atoms with Gasteiger partial charge in [-0.15, -0.1) is 0 Å². The van der Waals surface area contributed by atoms with Gasteiger partial charge in [0.2, 0.25) is 0 Å². The van der Waals surface area contributed by atoms with Gasteiger partial charge in [-0.2, -0.15) is 0 Å². The Balaban J connectivity index is 2.03. The van der Waals surface area contributed by atoms with E-state index in [4.69, 9.17) is 0 Å². The van der Waals surface area contributed by atoms with E-state index in [2.05, 4.69) is 41.5 Å². The second-order valence-electron chi connectivity index (χ2n) is 7.90. The minimum absolute atomic E-state index is 0.000358. The molecule has 1 N–H and O–H groups in total. The quantitative estimate of drug-likeness (QED) is 0.437. The molecule has 0 amide bonds. The molecule has 5 heteroatoms. The van der Waals surface area contributed by atoms with E-state index < -0.39 is 0 Å². The molecule has 5 rings (SSSR count). The zero-order valence-electron chi connectivity index (χ0n) is 18.0. The van der Waals surface area contributed by atoms with Gasteiger partial charge in [-0.1, -0.05) is 25.1 Å². The van der Waals surface area contributed by atoms with Gasteiger partial charge in [0.1, 0.15) is 0 Å². The van der Waals surface area contributed by atoms with Crippen molar-refractivity contribution in [3.8, 4) is 0 Å². The zero-order valence-corrected chi connectivity index (χ0v) is 18.0. The molecule has 0 radical (unpaired) electrons. The molecule has 0 saturated carbocycles. The third-order valence-electron chi connectivity index (χ3n) is 6.25. The first-order valence-corrected chi connectivity index (χ1v) is 10.9. The van der Waals surface area contributed by atoms with Crippen LogP contribution in [0.15, 0.2) is 64.2 Å². The standard InChI is InChI=1S/C26H25N3O2/c1-4-16-11-12-23-19(13-16)26(31)20-14-22-18(15-24(20)29(23)28(5-2)6-3)25(30)17-9-7-8-10-21(17)27-22/h7-15H,4-6H2,1-3H3,(H,27,30). The van der Waals surface area contributed by atoms with E-state index in [-0.39, 0.29) is 10.9 Å². The van der Waals surface area contributed by atoms with Gasteiger partial charge in [-0.3, -0.25) is 14.3 Å². The number of hydrogen-bond donors (Lipinski definition) is 1. The first-order chi connectivity index (χ1) is 15.1. The summed E-state index contributed by atoms with van der Waals surface area (Å²) in [6, 6.07) is 17.3. The SMILES string of the molecule is CCc1ccc2c(c1)c(=O)c1cc3[nH]c4ccccc4c(=O)c3cc1n2N(CC)CC. The number of aryl methyl sites for hydroxylation is 1. The molecule has 0 unspecified atom stereocenters. The number of benzene rings is 3. The lowest BCUT2D eigenvalue weighted by Crippen LogP contribution is -2.35. The number of aromatic nitrogens is 2. The third kappa shape index (κ3) is 2.84. The van der Waals surface area contributed by atoms with E-state index in [1.807, 2.05) is 48.5 Å². The van der Waals surface area contributed by atoms with E-state index in [0.717, 1.165) is 41.6 Å². The number of hydrogen-bond acceptors (Lipinski definition) is 3. The molecule has 0 bridgehead atoms. The van der Waals surface area contributed by atoms with E-state index in [1.165, 1.54) is 0 Å². The van der Waals surface area contributed by atoms with Crippen molar-refractivity contribution in [1.82, 2.24) is 9.66 Å². The number of H-pyrrole nitrogens is 1. The van der Waals surface area contributed by atoms with Crippen LogP contribution in [0.3, 0.4) is 0 Å². The summed E-state index contributed by atoms with van der Waals surface area (Å²) in [6.45, 7) is 7.85. The number of aromatic amines is 1. The predicted octanol–water partition coefficient (Wildman–Crippen LogP) is 4.69. The molecule has 0 aliphatic rings. The van der Waals surface area contributed by atoms with Crippen LogP contribution in [0, 0.1) is 0 Å². The Morgan fingerprint density at radius 3 is 2.19 bits per heavy atom. The Morgan fingerprint density at radius 2 is 1.45 bits per heavy atom. The van der Waals surface area contributed by atoms with Crippen LogP contribution in [0.25, 0.3) is 43.6 Å². The average molecular weight is 412 g/mol. The van der Waals surface area contributed by atoms with E-state index in [0.29, 0.717) is 27.1 Å². The van der Waals surface area contributed by atoms with Crippen molar-refractivity contribution in [3.05, 3.63) is 80.6 Å². The van der Waals surface area contributed by atoms with Crippen LogP contribution >= 0.6 is 0 Å². The predicted molar refractivity (Wildman–Crippen MR) is 130 cm³/mol. The lowest BCUT2D eigenvalue weighted by atomic mass is 10.0. The maximum atomic E-state index is 13.6. The second kappa shape index (κ2) is 7.27. The molecule has 2 heterocycles. The number of para-hydroxylation sites is 1. The molecule has 0 spiro atoms. The Kier molecular flexibility index (Phi) is 4.54. The fourth-order valence-electron chi connectivity index (χ4n) is 4.57. The van der Waals surface area contributed by atoms with Crippen LogP contribution in [-0.4, -0.2) is 22.7 Å². The maximum Gasteiger partial charge on any atom is 0.197 e. The topological polar surface area (TPSA) is 58.1 Å². The van der Waals surface area contributed by atoms with Crippen molar-refractivity contribution in [2.24, 2.45) is 0 Å². The summed E-state index contributed by atoms with van der Waals surface area (Å²) in [5, 5.41) is 4.76. The molecule has 0 atom stereocenters. The summed E-state index contributed by atoms with van der Waals surface area (Å²) in [5.74, 6) is 0. The van der Waals surface area contributed by atoms with Crippen molar-refractivity contribution in [2.45, 2.75) is 27.2 Å². The Morgan fingerprint density at radius 1 is 0.742 bits per heavy atom. The van der Waals surface area contributed by atoms with E-state index in [1.54, 1.807) is 0 Å². The van der Waals surface area contributed by atoms with Crippen molar-refractivity contribution in [1.29, 1.82) is 0 Å². The number of pyridine rings is 2. The summed E-state index contributed by atoms with van der Waals surface area (Å²) >= 11 is 0. The van der Waals surface area contributed by atoms with Gasteiger partial charge in [0.15, 0.2) is 10.9 Å². The van der Waals surface area contributed by atoms with Crippen molar-refractivity contribution in [3.63, 3.8) is 0 Å². The Hall–Kier alpha value is -3.60. The maximum absolute atomic E-state index is 13.6. The smallest absolute Gasteiger partial charge is 0.197 e. The largest absolute Gasteiger partial charge is 0.354 e. The third-order valence-corrected chi connectivity index (χ3v) is 6.25. The highest BCUT2D eigenvalue weighted by molar-refractivity contribution is 6.03. The van der Waals surface area contributed by atoms with Crippen molar-refractivity contribution >= 4 is 43.6 Å². The van der Waals surface area contributed by atoms with Crippen LogP contribution in [-0.2, 0) is 6.42 Å². The first kappa shape index (κ1) is 19.4. The summed E-state index contributed by atoms with van der Waals surface area (Å²) < 4.78 is 2.11. The van der Waals surface area contributed by atoms with Crippen molar-refractivity contribution in [2.75, 3.05) is 18.1 Å². The lowest BCUT2D eigenvalue weighted by molar-refractivity contribution is 0.654. The van der Waals surface area contributed by atoms with Crippen LogP contribution in [0.2, 0.25) is 0 Å². The summed E-state index contributed by atoms with van der Waals surface area (Å²) in [6.07, 6.45) is 0.871. The molecular weight excluding hydrogens is 386 g/mol. The minimum Gasteiger partial charge on any atom is -0.354 e. The first-order valence-electron chi connectivity index (χ1n) is 10.9. The average Bonchev–Trinajstić information content (AvgIpc) is 2.81. The van der Waals surface area contributed by atoms with E-state index in [9.17, 15) is 9.59 Å². The summed E-state index contributed by atoms with van der Waals surface area (Å²) in [7, 11) is 0. The van der Waals surface area contributed by atoms with Crippen molar-refractivity contribution < 1.29 is 0 Å². The van der Waals surface area contributed by atoms with Gasteiger partial charge in [-0.25, -0.2) is 0 Å². The van der Waals surface area contributed by atoms with Gasteiger partial charge >= 0.3 is 0 Å². The summed E-state index contributed by atoms with van der Waals surface area (Å²) in [4.78, 5) is 30.2. The van der Waals surface area contributed by atoms with E-state index >= 15 is 0 Å². The number of rotatable bonds is 4. The molecule has 156 valence electrons. The Labute approximate surface area is 179 Å². The van der Waals surface area contributed by atoms with Gasteiger partial charge in [0.05, 0.1) is 21.9 Å². The Bertz CT molecular complexity index is 1590. The number of nitrogens with zero attached hydrogens (tertiary/aromatic N) is 2.